The Morgan fingerprint density at radius 3 is 2.30 bits per heavy atom. The lowest BCUT2D eigenvalue weighted by atomic mass is 9.79. The van der Waals surface area contributed by atoms with Gasteiger partial charge in [-0.1, -0.05) is 42.8 Å². The molecule has 1 fully saturated rings. The number of hydrogen-bond donors (Lipinski definition) is 2. The van der Waals surface area contributed by atoms with Gasteiger partial charge in [-0.2, -0.15) is 0 Å². The van der Waals surface area contributed by atoms with Gasteiger partial charge in [0.05, 0.1) is 5.54 Å². The maximum atomic E-state index is 12.3. The van der Waals surface area contributed by atoms with Crippen LogP contribution < -0.4 is 11.1 Å². The Kier molecular flexibility index (Phi) is 6.73. The van der Waals surface area contributed by atoms with Gasteiger partial charge in [0.15, 0.2) is 5.78 Å². The lowest BCUT2D eigenvalue weighted by Crippen LogP contribution is -2.47. The van der Waals surface area contributed by atoms with Crippen LogP contribution in [0.5, 0.6) is 0 Å². The second-order valence-corrected chi connectivity index (χ2v) is 8.12. The molecular weight excluding hydrogens is 374 g/mol. The number of hydrogen-bond acceptors (Lipinski definition) is 4. The number of carbonyl (C=O) groups is 2. The number of carbonyl (C=O) groups excluding carboxylic acids is 2. The molecule has 1 amide bonds. The Hall–Kier alpha value is -2.92. The molecule has 5 heteroatoms. The third-order valence-electron chi connectivity index (χ3n) is 6.12. The number of allylic oxidation sites excluding steroid dienone is 2. The first-order chi connectivity index (χ1) is 14.4. The summed E-state index contributed by atoms with van der Waals surface area (Å²) >= 11 is 0. The third-order valence-corrected chi connectivity index (χ3v) is 6.12. The molecule has 158 valence electrons. The average Bonchev–Trinajstić information content (AvgIpc) is 2.75. The molecule has 3 rings (SSSR count). The second kappa shape index (κ2) is 9.26. The quantitative estimate of drug-likeness (QED) is 0.532. The third kappa shape index (κ3) is 4.17. The summed E-state index contributed by atoms with van der Waals surface area (Å²) in [5, 5.41) is 2.88. The number of ketones is 1. The van der Waals surface area contributed by atoms with Crippen LogP contribution >= 0.6 is 0 Å². The fourth-order valence-electron chi connectivity index (χ4n) is 4.61. The molecule has 0 saturated carbocycles. The molecule has 0 radical (unpaired) electrons. The van der Waals surface area contributed by atoms with Gasteiger partial charge in [-0.25, -0.2) is 0 Å². The minimum Gasteiger partial charge on any atom is -0.402 e. The summed E-state index contributed by atoms with van der Waals surface area (Å²) in [5.41, 5.74) is 10.2. The van der Waals surface area contributed by atoms with Crippen molar-refractivity contribution in [1.82, 2.24) is 4.90 Å². The molecule has 2 aromatic carbocycles. The lowest BCUT2D eigenvalue weighted by molar-refractivity contribution is -0.111. The van der Waals surface area contributed by atoms with E-state index in [0.717, 1.165) is 48.3 Å². The molecule has 5 nitrogen and oxygen atoms in total. The highest BCUT2D eigenvalue weighted by atomic mass is 16.1. The molecule has 1 aliphatic heterocycles. The van der Waals surface area contributed by atoms with Gasteiger partial charge in [0.25, 0.3) is 0 Å². The maximum Gasteiger partial charge on any atom is 0.211 e. The topological polar surface area (TPSA) is 75.4 Å². The van der Waals surface area contributed by atoms with E-state index in [2.05, 4.69) is 29.3 Å². The van der Waals surface area contributed by atoms with E-state index in [1.54, 1.807) is 6.92 Å². The van der Waals surface area contributed by atoms with Crippen molar-refractivity contribution in [3.8, 4) is 0 Å². The van der Waals surface area contributed by atoms with Crippen molar-refractivity contribution in [2.75, 3.05) is 18.4 Å². The Labute approximate surface area is 179 Å². The Morgan fingerprint density at radius 1 is 1.07 bits per heavy atom. The molecule has 0 spiro atoms. The molecule has 1 heterocycles. The Bertz CT molecular complexity index is 942. The first-order valence-corrected chi connectivity index (χ1v) is 10.5. The predicted molar refractivity (Wildman–Crippen MR) is 122 cm³/mol. The lowest BCUT2D eigenvalue weighted by Gasteiger charge is -2.45. The molecule has 1 unspecified atom stereocenters. The zero-order valence-corrected chi connectivity index (χ0v) is 18.1. The van der Waals surface area contributed by atoms with E-state index in [9.17, 15) is 9.59 Å². The minimum absolute atomic E-state index is 0.0727. The number of nitrogens with two attached hydrogens (primary N) is 1. The van der Waals surface area contributed by atoms with Gasteiger partial charge in [0.2, 0.25) is 6.41 Å². The number of benzene rings is 2. The van der Waals surface area contributed by atoms with Crippen LogP contribution in [0.3, 0.4) is 0 Å². The molecule has 0 aliphatic carbocycles. The molecule has 3 N–H and O–H groups in total. The van der Waals surface area contributed by atoms with E-state index in [1.807, 2.05) is 36.4 Å². The summed E-state index contributed by atoms with van der Waals surface area (Å²) in [4.78, 5) is 26.2. The van der Waals surface area contributed by atoms with E-state index in [0.29, 0.717) is 17.7 Å². The van der Waals surface area contributed by atoms with Crippen LogP contribution in [0, 0.1) is 0 Å². The van der Waals surface area contributed by atoms with Crippen molar-refractivity contribution in [1.29, 1.82) is 0 Å². The van der Waals surface area contributed by atoms with Crippen molar-refractivity contribution in [2.45, 2.75) is 45.6 Å². The van der Waals surface area contributed by atoms with Crippen LogP contribution in [0.15, 0.2) is 54.2 Å². The minimum atomic E-state index is -0.465. The molecule has 1 saturated heterocycles. The van der Waals surface area contributed by atoms with E-state index in [-0.39, 0.29) is 5.78 Å². The first-order valence-electron chi connectivity index (χ1n) is 10.5. The van der Waals surface area contributed by atoms with Gasteiger partial charge in [0, 0.05) is 22.5 Å². The van der Waals surface area contributed by atoms with Crippen LogP contribution in [0.4, 0.5) is 5.69 Å². The first kappa shape index (κ1) is 21.8. The van der Waals surface area contributed by atoms with Crippen molar-refractivity contribution in [3.05, 3.63) is 70.9 Å². The number of piperidine rings is 1. The zero-order chi connectivity index (χ0) is 21.7. The highest BCUT2D eigenvalue weighted by molar-refractivity contribution is 6.20. The maximum absolute atomic E-state index is 12.3. The molecule has 1 aliphatic rings. The average molecular weight is 406 g/mol. The monoisotopic (exact) mass is 405 g/mol. The van der Waals surface area contributed by atoms with Crippen LogP contribution in [0.25, 0.3) is 5.57 Å². The highest BCUT2D eigenvalue weighted by Crippen LogP contribution is 2.42. The molecule has 1 atom stereocenters. The highest BCUT2D eigenvalue weighted by Gasteiger charge is 2.38. The standard InChI is InChI=1S/C25H31N3O2/c1-18(26)24(19(2)30)20-12-13-23(27-17-29)22(16-20)25(3,21-10-6-4-7-11-21)28-14-8-5-9-15-28/h4,6-7,10-13,16-17H,5,8-9,14-15,26H2,1-3H3,(H,27,29). The van der Waals surface area contributed by atoms with Crippen molar-refractivity contribution in [2.24, 2.45) is 5.73 Å². The number of likely N-dealkylation sites (tertiary alicyclic amines) is 1. The summed E-state index contributed by atoms with van der Waals surface area (Å²) < 4.78 is 0. The smallest absolute Gasteiger partial charge is 0.211 e. The van der Waals surface area contributed by atoms with Crippen molar-refractivity contribution >= 4 is 23.5 Å². The zero-order valence-electron chi connectivity index (χ0n) is 18.1. The largest absolute Gasteiger partial charge is 0.402 e. The van der Waals surface area contributed by atoms with E-state index < -0.39 is 5.54 Å². The predicted octanol–water partition coefficient (Wildman–Crippen LogP) is 4.28. The summed E-state index contributed by atoms with van der Waals surface area (Å²) in [6.45, 7) is 7.43. The van der Waals surface area contributed by atoms with Gasteiger partial charge in [-0.15, -0.1) is 0 Å². The van der Waals surface area contributed by atoms with E-state index in [4.69, 9.17) is 5.73 Å². The summed E-state index contributed by atoms with van der Waals surface area (Å²) in [7, 11) is 0. The van der Waals surface area contributed by atoms with Crippen molar-refractivity contribution < 1.29 is 9.59 Å². The summed E-state index contributed by atoms with van der Waals surface area (Å²) in [6.07, 6.45) is 4.21. The number of nitrogens with zero attached hydrogens (tertiary/aromatic N) is 1. The molecule has 0 aromatic heterocycles. The van der Waals surface area contributed by atoms with Crippen LogP contribution in [0.2, 0.25) is 0 Å². The Balaban J connectivity index is 2.28. The van der Waals surface area contributed by atoms with Crippen LogP contribution in [0.1, 0.15) is 56.7 Å². The van der Waals surface area contributed by atoms with Gasteiger partial charge in [0.1, 0.15) is 0 Å². The van der Waals surface area contributed by atoms with E-state index in [1.165, 1.54) is 13.3 Å². The number of amides is 1. The summed E-state index contributed by atoms with van der Waals surface area (Å²) in [5.74, 6) is -0.0727. The molecule has 30 heavy (non-hydrogen) atoms. The number of Topliss-reactive ketones (excluding diaryl/α,β-unsaturated/α-hetero) is 1. The molecule has 2 aromatic rings. The summed E-state index contributed by atoms with van der Waals surface area (Å²) in [6, 6.07) is 16.1. The fraction of sp³-hybridized carbons (Fsp3) is 0.360. The Morgan fingerprint density at radius 2 is 1.73 bits per heavy atom. The number of anilines is 1. The van der Waals surface area contributed by atoms with E-state index >= 15 is 0 Å². The second-order valence-electron chi connectivity index (χ2n) is 8.12. The van der Waals surface area contributed by atoms with Gasteiger partial charge in [-0.05, 0) is 70.0 Å². The fourth-order valence-corrected chi connectivity index (χ4v) is 4.61. The van der Waals surface area contributed by atoms with Gasteiger partial charge >= 0.3 is 0 Å². The molecular formula is C25H31N3O2. The van der Waals surface area contributed by atoms with Gasteiger partial charge in [-0.3, -0.25) is 14.5 Å². The molecule has 0 bridgehead atoms. The van der Waals surface area contributed by atoms with Crippen LogP contribution in [-0.4, -0.2) is 30.2 Å². The SMILES string of the molecule is CC(=O)C(=C(C)N)c1ccc(NC=O)c(C(C)(c2ccccc2)N2CCCCC2)c1. The van der Waals surface area contributed by atoms with Crippen molar-refractivity contribution in [3.63, 3.8) is 0 Å². The number of nitrogens with one attached hydrogen (secondary N) is 1. The normalized spacial score (nSPS) is 17.6. The number of rotatable bonds is 7. The van der Waals surface area contributed by atoms with Crippen LogP contribution in [-0.2, 0) is 15.1 Å². The van der Waals surface area contributed by atoms with Gasteiger partial charge < -0.3 is 11.1 Å².